The zero-order valence-corrected chi connectivity index (χ0v) is 17.9. The zero-order valence-electron chi connectivity index (χ0n) is 17.2. The van der Waals surface area contributed by atoms with Crippen LogP contribution >= 0.6 is 11.6 Å². The molecule has 164 valence electrons. The van der Waals surface area contributed by atoms with Crippen molar-refractivity contribution in [1.29, 1.82) is 0 Å². The molecule has 1 saturated heterocycles. The van der Waals surface area contributed by atoms with Gasteiger partial charge in [-0.2, -0.15) is 0 Å². The van der Waals surface area contributed by atoms with Crippen molar-refractivity contribution in [3.05, 3.63) is 64.9 Å². The molecule has 1 aliphatic heterocycles. The number of halogens is 2. The number of rotatable bonds is 6. The summed E-state index contributed by atoms with van der Waals surface area (Å²) in [5, 5.41) is 3.11. The summed E-state index contributed by atoms with van der Waals surface area (Å²) in [4.78, 5) is 42.1. The topological polar surface area (TPSA) is 73.0 Å². The van der Waals surface area contributed by atoms with Gasteiger partial charge in [0.1, 0.15) is 5.82 Å². The maximum atomic E-state index is 13.4. The quantitative estimate of drug-likeness (QED) is 0.739. The normalized spacial score (nSPS) is 14.2. The van der Waals surface area contributed by atoms with Crippen LogP contribution in [0.2, 0.25) is 5.02 Å². The van der Waals surface area contributed by atoms with Crippen LogP contribution < -0.4 is 5.32 Å². The molecule has 31 heavy (non-hydrogen) atoms. The number of hydrogen-bond acceptors (Lipinski definition) is 4. The summed E-state index contributed by atoms with van der Waals surface area (Å²) in [6.45, 7) is 1.98. The van der Waals surface area contributed by atoms with Crippen molar-refractivity contribution in [2.45, 2.75) is 0 Å². The summed E-state index contributed by atoms with van der Waals surface area (Å²) < 4.78 is 13.4. The van der Waals surface area contributed by atoms with Crippen molar-refractivity contribution in [3.8, 4) is 0 Å². The summed E-state index contributed by atoms with van der Waals surface area (Å²) in [5.41, 5.74) is 0.808. The smallest absolute Gasteiger partial charge is 0.254 e. The van der Waals surface area contributed by atoms with Gasteiger partial charge in [0.25, 0.3) is 5.91 Å². The van der Waals surface area contributed by atoms with Crippen LogP contribution in [0.1, 0.15) is 10.4 Å². The van der Waals surface area contributed by atoms with Crippen molar-refractivity contribution in [1.82, 2.24) is 14.7 Å². The van der Waals surface area contributed by atoms with Crippen molar-refractivity contribution in [2.24, 2.45) is 0 Å². The van der Waals surface area contributed by atoms with E-state index < -0.39 is 5.82 Å². The van der Waals surface area contributed by atoms with Crippen molar-refractivity contribution in [2.75, 3.05) is 51.6 Å². The van der Waals surface area contributed by atoms with Crippen LogP contribution in [-0.2, 0) is 9.59 Å². The number of nitrogens with one attached hydrogen (secondary N) is 1. The van der Waals surface area contributed by atoms with Gasteiger partial charge in [-0.15, -0.1) is 0 Å². The number of carbonyl (C=O) groups excluding carboxylic acids is 3. The van der Waals surface area contributed by atoms with Crippen LogP contribution in [0.5, 0.6) is 0 Å². The molecular weight excluding hydrogens is 423 g/mol. The van der Waals surface area contributed by atoms with E-state index in [1.807, 2.05) is 4.90 Å². The van der Waals surface area contributed by atoms with E-state index in [1.54, 1.807) is 42.3 Å². The van der Waals surface area contributed by atoms with E-state index in [4.69, 9.17) is 11.6 Å². The Hall–Kier alpha value is -2.97. The highest BCUT2D eigenvalue weighted by atomic mass is 35.5. The van der Waals surface area contributed by atoms with Gasteiger partial charge in [-0.1, -0.05) is 29.8 Å². The molecule has 3 rings (SSSR count). The summed E-state index contributed by atoms with van der Waals surface area (Å²) in [5.74, 6) is -1.20. The van der Waals surface area contributed by atoms with E-state index >= 15 is 0 Å². The lowest BCUT2D eigenvalue weighted by Crippen LogP contribution is -2.51. The number of carbonyl (C=O) groups is 3. The Morgan fingerprint density at radius 3 is 2.45 bits per heavy atom. The Kier molecular flexibility index (Phi) is 7.59. The molecule has 0 atom stereocenters. The molecule has 2 aromatic carbocycles. The molecule has 0 aromatic heterocycles. The zero-order chi connectivity index (χ0) is 22.4. The van der Waals surface area contributed by atoms with Crippen LogP contribution in [-0.4, -0.2) is 78.7 Å². The van der Waals surface area contributed by atoms with Crippen LogP contribution in [0.3, 0.4) is 0 Å². The van der Waals surface area contributed by atoms with Crippen molar-refractivity contribution in [3.63, 3.8) is 0 Å². The number of likely N-dealkylation sites (N-methyl/N-ethyl adjacent to an activating group) is 1. The summed E-state index contributed by atoms with van der Waals surface area (Å²) >= 11 is 6.03. The van der Waals surface area contributed by atoms with Gasteiger partial charge in [0.2, 0.25) is 11.8 Å². The number of para-hydroxylation sites is 1. The largest absolute Gasteiger partial charge is 0.336 e. The van der Waals surface area contributed by atoms with Crippen molar-refractivity contribution >= 4 is 35.0 Å². The maximum Gasteiger partial charge on any atom is 0.254 e. The minimum atomic E-state index is -0.448. The molecule has 1 N–H and O–H groups in total. The third-order valence-corrected chi connectivity index (χ3v) is 5.37. The molecule has 7 nitrogen and oxygen atoms in total. The van der Waals surface area contributed by atoms with Crippen molar-refractivity contribution < 1.29 is 18.8 Å². The van der Waals surface area contributed by atoms with E-state index in [1.165, 1.54) is 23.1 Å². The number of anilines is 1. The van der Waals surface area contributed by atoms with Gasteiger partial charge in [0, 0.05) is 38.8 Å². The van der Waals surface area contributed by atoms with Gasteiger partial charge in [-0.05, 0) is 30.3 Å². The molecule has 0 bridgehead atoms. The SMILES string of the molecule is CN(CC(=O)Nc1ccccc1Cl)C(=O)CN1CCN(C(=O)c2cccc(F)c2)CC1. The first kappa shape index (κ1) is 22.7. The maximum absolute atomic E-state index is 13.4. The molecule has 0 saturated carbocycles. The summed E-state index contributed by atoms with van der Waals surface area (Å²) in [6, 6.07) is 12.5. The lowest BCUT2D eigenvalue weighted by molar-refractivity contribution is -0.134. The fraction of sp³-hybridized carbons (Fsp3) is 0.318. The molecule has 1 aliphatic rings. The highest BCUT2D eigenvalue weighted by molar-refractivity contribution is 6.33. The Balaban J connectivity index is 1.44. The summed E-state index contributed by atoms with van der Waals surface area (Å²) in [7, 11) is 1.57. The highest BCUT2D eigenvalue weighted by Crippen LogP contribution is 2.20. The second kappa shape index (κ2) is 10.4. The van der Waals surface area contributed by atoms with Gasteiger partial charge >= 0.3 is 0 Å². The Morgan fingerprint density at radius 1 is 1.06 bits per heavy atom. The molecular formula is C22H24ClFN4O3. The number of piperazine rings is 1. The lowest BCUT2D eigenvalue weighted by Gasteiger charge is -2.35. The fourth-order valence-electron chi connectivity index (χ4n) is 3.28. The van der Waals surface area contributed by atoms with Gasteiger partial charge in [0.05, 0.1) is 23.8 Å². The average molecular weight is 447 g/mol. The Labute approximate surface area is 185 Å². The number of nitrogens with zero attached hydrogens (tertiary/aromatic N) is 3. The number of benzene rings is 2. The fourth-order valence-corrected chi connectivity index (χ4v) is 3.46. The molecule has 0 radical (unpaired) electrons. The van der Waals surface area contributed by atoms with Gasteiger partial charge < -0.3 is 15.1 Å². The van der Waals surface area contributed by atoms with Crippen LogP contribution in [0.25, 0.3) is 0 Å². The molecule has 0 spiro atoms. The Morgan fingerprint density at radius 2 is 1.77 bits per heavy atom. The second-order valence-electron chi connectivity index (χ2n) is 7.36. The second-order valence-corrected chi connectivity index (χ2v) is 7.76. The third kappa shape index (κ3) is 6.26. The molecule has 0 aliphatic carbocycles. The van der Waals surface area contributed by atoms with Gasteiger partial charge in [-0.25, -0.2) is 4.39 Å². The molecule has 0 unspecified atom stereocenters. The minimum absolute atomic E-state index is 0.0952. The first-order chi connectivity index (χ1) is 14.8. The van der Waals surface area contributed by atoms with Gasteiger partial charge in [0.15, 0.2) is 0 Å². The predicted octanol–water partition coefficient (Wildman–Crippen LogP) is 2.33. The van der Waals surface area contributed by atoms with Crippen LogP contribution in [0.15, 0.2) is 48.5 Å². The van der Waals surface area contributed by atoms with Gasteiger partial charge in [-0.3, -0.25) is 19.3 Å². The standard InChI is InChI=1S/C22H24ClFN4O3/c1-26(14-20(29)25-19-8-3-2-7-18(19)23)21(30)15-27-9-11-28(12-10-27)22(31)16-5-4-6-17(24)13-16/h2-8,13H,9-12,14-15H2,1H3,(H,25,29). The average Bonchev–Trinajstić information content (AvgIpc) is 2.75. The first-order valence-electron chi connectivity index (χ1n) is 9.89. The molecule has 3 amide bonds. The van der Waals surface area contributed by atoms with E-state index in [-0.39, 0.29) is 30.8 Å². The van der Waals surface area contributed by atoms with E-state index in [9.17, 15) is 18.8 Å². The third-order valence-electron chi connectivity index (χ3n) is 5.04. The van der Waals surface area contributed by atoms with E-state index in [2.05, 4.69) is 5.32 Å². The predicted molar refractivity (Wildman–Crippen MR) is 116 cm³/mol. The Bertz CT molecular complexity index is 963. The number of hydrogen-bond donors (Lipinski definition) is 1. The molecule has 9 heteroatoms. The minimum Gasteiger partial charge on any atom is -0.336 e. The molecule has 2 aromatic rings. The van der Waals surface area contributed by atoms with E-state index in [0.717, 1.165) is 0 Å². The number of amides is 3. The summed E-state index contributed by atoms with van der Waals surface area (Å²) in [6.07, 6.45) is 0. The lowest BCUT2D eigenvalue weighted by atomic mass is 10.1. The molecule has 1 heterocycles. The highest BCUT2D eigenvalue weighted by Gasteiger charge is 2.24. The van der Waals surface area contributed by atoms with Crippen LogP contribution in [0, 0.1) is 5.82 Å². The first-order valence-corrected chi connectivity index (χ1v) is 10.3. The van der Waals surface area contributed by atoms with E-state index in [0.29, 0.717) is 42.5 Å². The monoisotopic (exact) mass is 446 g/mol. The van der Waals surface area contributed by atoms with Crippen LogP contribution in [0.4, 0.5) is 10.1 Å². The molecule has 1 fully saturated rings.